The first-order valence-corrected chi connectivity index (χ1v) is 11.7. The Balaban J connectivity index is 2.01. The highest BCUT2D eigenvalue weighted by atomic mass is 15.0. The van der Waals surface area contributed by atoms with E-state index in [2.05, 4.69) is 106 Å². The van der Waals surface area contributed by atoms with Crippen LogP contribution in [0.1, 0.15) is 43.0 Å². The van der Waals surface area contributed by atoms with Crippen molar-refractivity contribution >= 4 is 49.0 Å². The number of pyridine rings is 2. The molecule has 0 aliphatic rings. The SMILES string of the molecule is Cc1cc2c3cccc(C)c3n3c4cc(CC(C)(C)C)cc5cc[n+](C)c(c(c1C)c23)c54. The zero-order valence-corrected chi connectivity index (χ0v) is 20.2. The third kappa shape index (κ3) is 2.50. The fourth-order valence-electron chi connectivity index (χ4n) is 5.89. The van der Waals surface area contributed by atoms with Crippen molar-refractivity contribution in [2.24, 2.45) is 12.5 Å². The molecule has 0 saturated carbocycles. The summed E-state index contributed by atoms with van der Waals surface area (Å²) in [6.45, 7) is 13.8. The highest BCUT2D eigenvalue weighted by Gasteiger charge is 2.26. The van der Waals surface area contributed by atoms with E-state index in [1.807, 2.05) is 0 Å². The van der Waals surface area contributed by atoms with Gasteiger partial charge < -0.3 is 4.40 Å². The van der Waals surface area contributed by atoms with E-state index in [4.69, 9.17) is 0 Å². The predicted molar refractivity (Wildman–Crippen MR) is 137 cm³/mol. The summed E-state index contributed by atoms with van der Waals surface area (Å²) in [4.78, 5) is 0. The Kier molecular flexibility index (Phi) is 3.80. The van der Waals surface area contributed by atoms with Gasteiger partial charge in [0.1, 0.15) is 7.05 Å². The van der Waals surface area contributed by atoms with Crippen molar-refractivity contribution in [1.82, 2.24) is 4.40 Å². The Morgan fingerprint density at radius 3 is 2.38 bits per heavy atom. The second kappa shape index (κ2) is 6.22. The second-order valence-corrected chi connectivity index (χ2v) is 11.0. The van der Waals surface area contributed by atoms with Crippen LogP contribution in [0.2, 0.25) is 0 Å². The van der Waals surface area contributed by atoms with Gasteiger partial charge in [0.2, 0.25) is 5.52 Å². The van der Waals surface area contributed by atoms with Crippen LogP contribution in [0.25, 0.3) is 49.0 Å². The molecule has 0 amide bonds. The lowest BCUT2D eigenvalue weighted by molar-refractivity contribution is -0.643. The van der Waals surface area contributed by atoms with Gasteiger partial charge in [-0.05, 0) is 72.4 Å². The van der Waals surface area contributed by atoms with Crippen LogP contribution in [0, 0.1) is 26.2 Å². The van der Waals surface area contributed by atoms with Crippen molar-refractivity contribution in [2.45, 2.75) is 48.0 Å². The van der Waals surface area contributed by atoms with Gasteiger partial charge in [-0.3, -0.25) is 0 Å². The average molecular weight is 420 g/mol. The van der Waals surface area contributed by atoms with Crippen LogP contribution in [0.4, 0.5) is 0 Å². The van der Waals surface area contributed by atoms with Gasteiger partial charge in [-0.15, -0.1) is 0 Å². The minimum absolute atomic E-state index is 0.243. The number of aryl methyl sites for hydroxylation is 4. The normalized spacial score (nSPS) is 13.0. The Morgan fingerprint density at radius 2 is 1.62 bits per heavy atom. The minimum Gasteiger partial charge on any atom is -0.307 e. The Bertz CT molecular complexity index is 1710. The Labute approximate surface area is 189 Å². The molecule has 0 aliphatic carbocycles. The van der Waals surface area contributed by atoms with Gasteiger partial charge in [0.15, 0.2) is 6.20 Å². The fraction of sp³-hybridized carbons (Fsp3) is 0.300. The standard InChI is InChI=1S/C30H31N2/c1-17-9-8-10-22-23-13-18(2)19(3)25-28(23)32(27(17)22)24-15-20(16-30(4,5)6)14-21-11-12-31(7)29(25)26(21)24/h8-15H,16H2,1-7H3/q+1. The molecule has 3 heterocycles. The summed E-state index contributed by atoms with van der Waals surface area (Å²) in [5, 5.41) is 6.82. The summed E-state index contributed by atoms with van der Waals surface area (Å²) < 4.78 is 4.90. The number of rotatable bonds is 1. The third-order valence-corrected chi connectivity index (χ3v) is 7.28. The maximum absolute atomic E-state index is 2.57. The zero-order valence-electron chi connectivity index (χ0n) is 20.2. The lowest BCUT2D eigenvalue weighted by atomic mass is 9.87. The molecule has 2 nitrogen and oxygen atoms in total. The van der Waals surface area contributed by atoms with Gasteiger partial charge >= 0.3 is 0 Å². The highest BCUT2D eigenvalue weighted by molar-refractivity contribution is 6.26. The monoisotopic (exact) mass is 419 g/mol. The van der Waals surface area contributed by atoms with Crippen molar-refractivity contribution in [1.29, 1.82) is 0 Å². The summed E-state index contributed by atoms with van der Waals surface area (Å²) in [6.07, 6.45) is 3.30. The number of para-hydroxylation sites is 1. The molecule has 32 heavy (non-hydrogen) atoms. The van der Waals surface area contributed by atoms with Gasteiger partial charge in [-0.25, -0.2) is 4.57 Å². The molecule has 0 unspecified atom stereocenters. The molecule has 0 radical (unpaired) electrons. The molecule has 6 rings (SSSR count). The summed E-state index contributed by atoms with van der Waals surface area (Å²) in [7, 11) is 2.19. The summed E-state index contributed by atoms with van der Waals surface area (Å²) >= 11 is 0. The molecule has 0 N–H and O–H groups in total. The maximum atomic E-state index is 2.57. The van der Waals surface area contributed by atoms with Crippen LogP contribution >= 0.6 is 0 Å². The second-order valence-electron chi connectivity index (χ2n) is 11.0. The van der Waals surface area contributed by atoms with Gasteiger partial charge in [0.05, 0.1) is 27.3 Å². The van der Waals surface area contributed by atoms with Gasteiger partial charge in [-0.2, -0.15) is 0 Å². The van der Waals surface area contributed by atoms with Crippen molar-refractivity contribution in [3.8, 4) is 0 Å². The lowest BCUT2D eigenvalue weighted by Gasteiger charge is -2.20. The van der Waals surface area contributed by atoms with Crippen LogP contribution < -0.4 is 4.57 Å². The molecule has 0 fully saturated rings. The molecule has 3 aromatic carbocycles. The molecule has 160 valence electrons. The van der Waals surface area contributed by atoms with E-state index >= 15 is 0 Å². The lowest BCUT2D eigenvalue weighted by Crippen LogP contribution is -2.29. The van der Waals surface area contributed by atoms with Crippen molar-refractivity contribution < 1.29 is 4.57 Å². The van der Waals surface area contributed by atoms with Crippen LogP contribution in [-0.2, 0) is 13.5 Å². The maximum Gasteiger partial charge on any atom is 0.224 e. The number of hydrogen-bond acceptors (Lipinski definition) is 0. The Hall–Kier alpha value is -3.13. The molecule has 0 spiro atoms. The number of nitrogens with zero attached hydrogens (tertiary/aromatic N) is 2. The van der Waals surface area contributed by atoms with E-state index < -0.39 is 0 Å². The average Bonchev–Trinajstić information content (AvgIpc) is 3.04. The molecular weight excluding hydrogens is 388 g/mol. The topological polar surface area (TPSA) is 8.29 Å². The molecule has 6 aromatic rings. The molecular formula is C30H31N2+. The van der Waals surface area contributed by atoms with Gasteiger partial charge in [0, 0.05) is 16.8 Å². The van der Waals surface area contributed by atoms with E-state index in [0.29, 0.717) is 0 Å². The molecule has 0 bridgehead atoms. The molecule has 3 aromatic heterocycles. The fourth-order valence-corrected chi connectivity index (χ4v) is 5.89. The van der Waals surface area contributed by atoms with Gasteiger partial charge in [-0.1, -0.05) is 45.0 Å². The van der Waals surface area contributed by atoms with E-state index in [1.54, 1.807) is 0 Å². The first kappa shape index (κ1) is 19.5. The van der Waals surface area contributed by atoms with Crippen molar-refractivity contribution in [2.75, 3.05) is 0 Å². The van der Waals surface area contributed by atoms with E-state index in [9.17, 15) is 0 Å². The summed E-state index contributed by atoms with van der Waals surface area (Å²) in [5.74, 6) is 0. The largest absolute Gasteiger partial charge is 0.307 e. The van der Waals surface area contributed by atoms with Crippen LogP contribution in [0.5, 0.6) is 0 Å². The zero-order chi connectivity index (χ0) is 22.5. The minimum atomic E-state index is 0.243. The van der Waals surface area contributed by atoms with E-state index in [-0.39, 0.29) is 5.41 Å². The third-order valence-electron chi connectivity index (χ3n) is 7.28. The molecule has 0 saturated heterocycles. The van der Waals surface area contributed by atoms with Crippen LogP contribution in [0.3, 0.4) is 0 Å². The highest BCUT2D eigenvalue weighted by Crippen LogP contribution is 2.42. The molecule has 0 aliphatic heterocycles. The smallest absolute Gasteiger partial charge is 0.224 e. The van der Waals surface area contributed by atoms with Crippen LogP contribution in [0.15, 0.2) is 48.7 Å². The number of aromatic nitrogens is 2. The van der Waals surface area contributed by atoms with Crippen molar-refractivity contribution in [3.63, 3.8) is 0 Å². The molecule has 0 atom stereocenters. The Morgan fingerprint density at radius 1 is 0.844 bits per heavy atom. The van der Waals surface area contributed by atoms with E-state index in [1.165, 1.54) is 71.3 Å². The van der Waals surface area contributed by atoms with Crippen LogP contribution in [-0.4, -0.2) is 4.40 Å². The number of hydrogen-bond donors (Lipinski definition) is 0. The first-order valence-electron chi connectivity index (χ1n) is 11.7. The van der Waals surface area contributed by atoms with E-state index in [0.717, 1.165) is 6.42 Å². The summed E-state index contributed by atoms with van der Waals surface area (Å²) in [5.41, 5.74) is 11.1. The first-order chi connectivity index (χ1) is 15.2. The number of fused-ring (bicyclic) bond motifs is 5. The molecule has 2 heteroatoms. The van der Waals surface area contributed by atoms with Crippen molar-refractivity contribution in [3.05, 3.63) is 70.9 Å². The summed E-state index contributed by atoms with van der Waals surface area (Å²) in [6, 6.07) is 16.3. The van der Waals surface area contributed by atoms with Gasteiger partial charge in [0.25, 0.3) is 0 Å². The quantitative estimate of drug-likeness (QED) is 0.150. The number of benzene rings is 3. The predicted octanol–water partition coefficient (Wildman–Crippen LogP) is 7.33.